The van der Waals surface area contributed by atoms with Crippen molar-refractivity contribution in [3.05, 3.63) is 56.2 Å². The van der Waals surface area contributed by atoms with Crippen LogP contribution >= 0.6 is 45.2 Å². The molecule has 2 atom stereocenters. The first kappa shape index (κ1) is 21.7. The largest absolute Gasteiger partial charge is 0.371 e. The minimum atomic E-state index is 0.214. The molecule has 9 heteroatoms. The van der Waals surface area contributed by atoms with Gasteiger partial charge in [0.2, 0.25) is 0 Å². The third-order valence-corrected chi connectivity index (χ3v) is 7.77. The zero-order valence-electron chi connectivity index (χ0n) is 17.9. The van der Waals surface area contributed by atoms with Gasteiger partial charge in [0.05, 0.1) is 23.2 Å². The summed E-state index contributed by atoms with van der Waals surface area (Å²) in [6, 6.07) is 12.6. The Morgan fingerprint density at radius 3 is 1.67 bits per heavy atom. The van der Waals surface area contributed by atoms with Gasteiger partial charge >= 0.3 is 0 Å². The van der Waals surface area contributed by atoms with E-state index in [-0.39, 0.29) is 12.2 Å². The Hall–Kier alpha value is -1.86. The van der Waals surface area contributed by atoms with Crippen LogP contribution in [-0.4, -0.2) is 58.3 Å². The van der Waals surface area contributed by atoms with E-state index in [0.29, 0.717) is 0 Å². The summed E-state index contributed by atoms with van der Waals surface area (Å²) < 4.78 is 8.97. The predicted octanol–water partition coefficient (Wildman–Crippen LogP) is 4.66. The fourth-order valence-electron chi connectivity index (χ4n) is 4.87. The molecule has 2 aliphatic heterocycles. The molecule has 2 saturated heterocycles. The van der Waals surface area contributed by atoms with Crippen LogP contribution in [0.5, 0.6) is 0 Å². The van der Waals surface area contributed by atoms with Crippen LogP contribution in [-0.2, 0) is 4.74 Å². The fraction of sp³-hybridized carbons (Fsp3) is 0.333. The first-order chi connectivity index (χ1) is 16.1. The Morgan fingerprint density at radius 1 is 0.697 bits per heavy atom. The highest BCUT2D eigenvalue weighted by Gasteiger charge is 2.32. The van der Waals surface area contributed by atoms with Crippen molar-refractivity contribution in [2.75, 3.05) is 36.0 Å². The van der Waals surface area contributed by atoms with Gasteiger partial charge in [0.25, 0.3) is 0 Å². The maximum atomic E-state index is 6.57. The van der Waals surface area contributed by atoms with Crippen LogP contribution in [0, 0.1) is 7.14 Å². The van der Waals surface area contributed by atoms with Crippen molar-refractivity contribution in [2.45, 2.75) is 25.0 Å². The zero-order valence-corrected chi connectivity index (χ0v) is 22.2. The van der Waals surface area contributed by atoms with E-state index in [4.69, 9.17) is 4.74 Å². The topological polar surface area (TPSA) is 67.3 Å². The van der Waals surface area contributed by atoms with E-state index >= 15 is 0 Å². The highest BCUT2D eigenvalue weighted by Crippen LogP contribution is 2.31. The quantitative estimate of drug-likeness (QED) is 0.295. The number of ether oxygens (including phenoxy) is 1. The third-order valence-electron chi connectivity index (χ3n) is 6.43. The number of halogens is 2. The standard InChI is InChI=1S/C24H22I2N6O/c25-15-1-3-21-19(9-15)23(29-13-27-21)31-7-5-17(11-31)33-18-6-8-32(12-18)24-20-10-16(26)2-4-22(20)28-14-30-24/h1-4,9-10,13-14,17-18H,5-8,11-12H2. The lowest BCUT2D eigenvalue weighted by atomic mass is 10.2. The van der Waals surface area contributed by atoms with E-state index in [1.165, 1.54) is 7.14 Å². The van der Waals surface area contributed by atoms with Crippen LogP contribution in [0.15, 0.2) is 49.1 Å². The molecule has 0 saturated carbocycles. The number of rotatable bonds is 4. The first-order valence-corrected chi connectivity index (χ1v) is 13.3. The van der Waals surface area contributed by atoms with Gasteiger partial charge in [-0.1, -0.05) is 0 Å². The van der Waals surface area contributed by atoms with Crippen LogP contribution < -0.4 is 9.80 Å². The van der Waals surface area contributed by atoms with Gasteiger partial charge in [0.1, 0.15) is 24.3 Å². The number of benzene rings is 2. The van der Waals surface area contributed by atoms with Gasteiger partial charge in [-0.3, -0.25) is 0 Å². The van der Waals surface area contributed by atoms with Gasteiger partial charge in [-0.15, -0.1) is 0 Å². The number of aromatic nitrogens is 4. The van der Waals surface area contributed by atoms with E-state index in [0.717, 1.165) is 72.5 Å². The van der Waals surface area contributed by atoms with Gasteiger partial charge in [-0.2, -0.15) is 0 Å². The van der Waals surface area contributed by atoms with Crippen molar-refractivity contribution in [1.82, 2.24) is 19.9 Å². The van der Waals surface area contributed by atoms with E-state index < -0.39 is 0 Å². The van der Waals surface area contributed by atoms with Crippen LogP contribution in [0.4, 0.5) is 11.6 Å². The van der Waals surface area contributed by atoms with Crippen LogP contribution in [0.1, 0.15) is 12.8 Å². The lowest BCUT2D eigenvalue weighted by Crippen LogP contribution is -2.29. The average Bonchev–Trinajstić information content (AvgIpc) is 3.48. The summed E-state index contributed by atoms with van der Waals surface area (Å²) in [4.78, 5) is 22.8. The molecule has 7 nitrogen and oxygen atoms in total. The maximum absolute atomic E-state index is 6.57. The molecule has 0 spiro atoms. The molecule has 2 unspecified atom stereocenters. The predicted molar refractivity (Wildman–Crippen MR) is 147 cm³/mol. The van der Waals surface area contributed by atoms with E-state index in [1.54, 1.807) is 12.7 Å². The lowest BCUT2D eigenvalue weighted by Gasteiger charge is -2.22. The molecule has 4 aromatic rings. The molecular formula is C24H22I2N6O. The summed E-state index contributed by atoms with van der Waals surface area (Å²) in [6.07, 6.45) is 5.79. The highest BCUT2D eigenvalue weighted by atomic mass is 127. The minimum Gasteiger partial charge on any atom is -0.371 e. The third kappa shape index (κ3) is 4.34. The van der Waals surface area contributed by atoms with Crippen LogP contribution in [0.3, 0.4) is 0 Å². The molecule has 168 valence electrons. The van der Waals surface area contributed by atoms with E-state index in [2.05, 4.69) is 111 Å². The summed E-state index contributed by atoms with van der Waals surface area (Å²) in [5, 5.41) is 2.23. The second kappa shape index (κ2) is 9.06. The normalized spacial score (nSPS) is 20.9. The number of hydrogen-bond donors (Lipinski definition) is 0. The molecule has 33 heavy (non-hydrogen) atoms. The molecule has 2 aliphatic rings. The van der Waals surface area contributed by atoms with Gasteiger partial charge in [0.15, 0.2) is 0 Å². The van der Waals surface area contributed by atoms with Gasteiger partial charge in [-0.25, -0.2) is 19.9 Å². The van der Waals surface area contributed by atoms with Gasteiger partial charge in [-0.05, 0) is 94.4 Å². The maximum Gasteiger partial charge on any atom is 0.140 e. The Balaban J connectivity index is 1.14. The first-order valence-electron chi connectivity index (χ1n) is 11.1. The van der Waals surface area contributed by atoms with Crippen molar-refractivity contribution in [3.8, 4) is 0 Å². The molecule has 2 aromatic heterocycles. The van der Waals surface area contributed by atoms with Crippen molar-refractivity contribution < 1.29 is 4.74 Å². The lowest BCUT2D eigenvalue weighted by molar-refractivity contribution is 0.0125. The van der Waals surface area contributed by atoms with Gasteiger partial charge < -0.3 is 14.5 Å². The van der Waals surface area contributed by atoms with Crippen LogP contribution in [0.2, 0.25) is 0 Å². The molecular weight excluding hydrogens is 642 g/mol. The monoisotopic (exact) mass is 664 g/mol. The number of fused-ring (bicyclic) bond motifs is 2. The second-order valence-corrected chi connectivity index (χ2v) is 11.1. The Morgan fingerprint density at radius 2 is 1.18 bits per heavy atom. The molecule has 0 amide bonds. The fourth-order valence-corrected chi connectivity index (χ4v) is 5.85. The van der Waals surface area contributed by atoms with Crippen molar-refractivity contribution in [1.29, 1.82) is 0 Å². The molecule has 0 radical (unpaired) electrons. The van der Waals surface area contributed by atoms with Crippen molar-refractivity contribution in [3.63, 3.8) is 0 Å². The summed E-state index contributed by atoms with van der Waals surface area (Å²) in [5.41, 5.74) is 1.98. The minimum absolute atomic E-state index is 0.214. The SMILES string of the molecule is Ic1ccc2ncnc(N3CCC(OC4CCN(c5ncnc6ccc(I)cc56)C4)C3)c2c1. The van der Waals surface area contributed by atoms with E-state index in [1.807, 2.05) is 0 Å². The number of hydrogen-bond acceptors (Lipinski definition) is 7. The summed E-state index contributed by atoms with van der Waals surface area (Å²) in [6.45, 7) is 3.63. The average molecular weight is 664 g/mol. The molecule has 2 fully saturated rings. The van der Waals surface area contributed by atoms with Crippen molar-refractivity contribution in [2.24, 2.45) is 0 Å². The second-order valence-electron chi connectivity index (χ2n) is 8.57. The molecule has 4 heterocycles. The van der Waals surface area contributed by atoms with Crippen LogP contribution in [0.25, 0.3) is 21.8 Å². The molecule has 0 N–H and O–H groups in total. The smallest absolute Gasteiger partial charge is 0.140 e. The molecule has 0 aliphatic carbocycles. The molecule has 0 bridgehead atoms. The highest BCUT2D eigenvalue weighted by molar-refractivity contribution is 14.1. The number of nitrogens with zero attached hydrogens (tertiary/aromatic N) is 6. The summed E-state index contributed by atoms with van der Waals surface area (Å²) in [7, 11) is 0. The number of anilines is 2. The Bertz CT molecular complexity index is 1230. The Labute approximate surface area is 219 Å². The van der Waals surface area contributed by atoms with Gasteiger partial charge in [0, 0.05) is 44.1 Å². The molecule has 2 aromatic carbocycles. The van der Waals surface area contributed by atoms with Crippen molar-refractivity contribution >= 4 is 78.6 Å². The Kier molecular flexibility index (Phi) is 5.95. The van der Waals surface area contributed by atoms with E-state index in [9.17, 15) is 0 Å². The summed E-state index contributed by atoms with van der Waals surface area (Å²) in [5.74, 6) is 2.03. The summed E-state index contributed by atoms with van der Waals surface area (Å²) >= 11 is 4.69. The zero-order chi connectivity index (χ0) is 22.4. The molecule has 6 rings (SSSR count).